The van der Waals surface area contributed by atoms with Gasteiger partial charge < -0.3 is 20.0 Å². The van der Waals surface area contributed by atoms with Crippen molar-refractivity contribution in [1.82, 2.24) is 24.5 Å². The third kappa shape index (κ3) is 6.98. The maximum atomic E-state index is 13.3. The quantitative estimate of drug-likeness (QED) is 0.318. The molecule has 2 heterocycles. The maximum absolute atomic E-state index is 13.3. The van der Waals surface area contributed by atoms with E-state index in [9.17, 15) is 4.39 Å². The number of aliphatic imine (C=N–C) groups is 1. The van der Waals surface area contributed by atoms with Crippen molar-refractivity contribution >= 4 is 46.6 Å². The van der Waals surface area contributed by atoms with Crippen LogP contribution in [0.25, 0.3) is 0 Å². The van der Waals surface area contributed by atoms with Gasteiger partial charge in [-0.25, -0.2) is 9.37 Å². The second-order valence-electron chi connectivity index (χ2n) is 7.55. The summed E-state index contributed by atoms with van der Waals surface area (Å²) in [6.45, 7) is 9.16. The number of guanidine groups is 1. The van der Waals surface area contributed by atoms with Gasteiger partial charge in [-0.15, -0.1) is 24.0 Å². The fraction of sp³-hybridized carbons (Fsp3) is 0.571. The van der Waals surface area contributed by atoms with E-state index in [0.717, 1.165) is 61.6 Å². The fourth-order valence-corrected chi connectivity index (χ4v) is 4.28. The molecular weight excluding hydrogens is 528 g/mol. The zero-order valence-corrected chi connectivity index (χ0v) is 21.9. The SMILES string of the molecule is CCNC(=NCC(c1ccc(F)cc1)N(C)C)N1CCN(c2nc(CC)ns2)CC1.I. The molecule has 0 bridgehead atoms. The number of hydrogen-bond acceptors (Lipinski definition) is 6. The van der Waals surface area contributed by atoms with E-state index in [1.54, 1.807) is 0 Å². The van der Waals surface area contributed by atoms with Crippen molar-refractivity contribution in [3.8, 4) is 0 Å². The van der Waals surface area contributed by atoms with Crippen molar-refractivity contribution in [1.29, 1.82) is 0 Å². The summed E-state index contributed by atoms with van der Waals surface area (Å²) >= 11 is 1.48. The fourth-order valence-electron chi connectivity index (χ4n) is 3.48. The zero-order valence-electron chi connectivity index (χ0n) is 18.7. The molecule has 0 radical (unpaired) electrons. The molecule has 1 aliphatic heterocycles. The van der Waals surface area contributed by atoms with Crippen LogP contribution in [0.1, 0.15) is 31.3 Å². The molecule has 1 fully saturated rings. The number of nitrogens with zero attached hydrogens (tertiary/aromatic N) is 6. The number of nitrogens with one attached hydrogen (secondary N) is 1. The lowest BCUT2D eigenvalue weighted by Gasteiger charge is -2.36. The van der Waals surface area contributed by atoms with Crippen LogP contribution in [-0.4, -0.2) is 78.5 Å². The number of hydrogen-bond donors (Lipinski definition) is 1. The average molecular weight is 562 g/mol. The number of anilines is 1. The molecule has 0 amide bonds. The predicted molar refractivity (Wildman–Crippen MR) is 137 cm³/mol. The van der Waals surface area contributed by atoms with Crippen LogP contribution >= 0.6 is 35.5 Å². The van der Waals surface area contributed by atoms with Gasteiger partial charge in [-0.2, -0.15) is 4.37 Å². The molecule has 0 aliphatic carbocycles. The first-order valence-electron chi connectivity index (χ1n) is 10.5. The Balaban J connectivity index is 0.00000341. The van der Waals surface area contributed by atoms with Gasteiger partial charge in [-0.3, -0.25) is 4.99 Å². The first-order chi connectivity index (χ1) is 14.5. The second kappa shape index (κ2) is 12.5. The number of piperazine rings is 1. The van der Waals surface area contributed by atoms with Gasteiger partial charge in [0.25, 0.3) is 0 Å². The third-order valence-corrected chi connectivity index (χ3v) is 6.07. The minimum atomic E-state index is -0.215. The lowest BCUT2D eigenvalue weighted by atomic mass is 10.1. The minimum absolute atomic E-state index is 0. The Hall–Kier alpha value is -1.53. The highest BCUT2D eigenvalue weighted by molar-refractivity contribution is 14.0. The molecule has 1 aromatic carbocycles. The Kier molecular flexibility index (Phi) is 10.4. The van der Waals surface area contributed by atoms with Crippen LogP contribution in [0.15, 0.2) is 29.3 Å². The average Bonchev–Trinajstić information content (AvgIpc) is 3.24. The van der Waals surface area contributed by atoms with E-state index < -0.39 is 0 Å². The van der Waals surface area contributed by atoms with Crippen LogP contribution in [0.5, 0.6) is 0 Å². The van der Waals surface area contributed by atoms with Crippen molar-refractivity contribution in [2.24, 2.45) is 4.99 Å². The number of aromatic nitrogens is 2. The topological polar surface area (TPSA) is 59.9 Å². The molecule has 7 nitrogen and oxygen atoms in total. The number of halogens is 2. The highest BCUT2D eigenvalue weighted by Crippen LogP contribution is 2.21. The van der Waals surface area contributed by atoms with Gasteiger partial charge in [0.05, 0.1) is 12.6 Å². The molecule has 1 atom stereocenters. The van der Waals surface area contributed by atoms with Gasteiger partial charge in [-0.1, -0.05) is 19.1 Å². The number of aryl methyl sites for hydroxylation is 1. The lowest BCUT2D eigenvalue weighted by molar-refractivity contribution is 0.303. The number of benzene rings is 1. The summed E-state index contributed by atoms with van der Waals surface area (Å²) in [7, 11) is 4.06. The Labute approximate surface area is 205 Å². The van der Waals surface area contributed by atoms with Crippen molar-refractivity contribution in [2.75, 3.05) is 58.3 Å². The molecule has 0 spiro atoms. The maximum Gasteiger partial charge on any atom is 0.205 e. The zero-order chi connectivity index (χ0) is 21.5. The van der Waals surface area contributed by atoms with Crippen LogP contribution in [0, 0.1) is 5.82 Å². The standard InChI is InChI=1S/C21H32FN7S.HI/c1-5-19-25-21(30-26-19)29-13-11-28(12-14-29)20(23-6-2)24-15-18(27(3)4)16-7-9-17(22)10-8-16;/h7-10,18H,5-6,11-15H2,1-4H3,(H,23,24);1H. The molecule has 2 aromatic rings. The molecule has 1 saturated heterocycles. The van der Waals surface area contributed by atoms with Crippen LogP contribution in [-0.2, 0) is 6.42 Å². The van der Waals surface area contributed by atoms with Crippen molar-refractivity contribution < 1.29 is 4.39 Å². The smallest absolute Gasteiger partial charge is 0.205 e. The van der Waals surface area contributed by atoms with E-state index in [-0.39, 0.29) is 35.8 Å². The Morgan fingerprint density at radius 3 is 2.42 bits per heavy atom. The Morgan fingerprint density at radius 2 is 1.87 bits per heavy atom. The number of rotatable bonds is 7. The lowest BCUT2D eigenvalue weighted by Crippen LogP contribution is -2.52. The monoisotopic (exact) mass is 561 g/mol. The Bertz CT molecular complexity index is 819. The van der Waals surface area contributed by atoms with Crippen LogP contribution in [0.4, 0.5) is 9.52 Å². The molecule has 172 valence electrons. The van der Waals surface area contributed by atoms with E-state index in [1.165, 1.54) is 23.7 Å². The van der Waals surface area contributed by atoms with Gasteiger partial charge in [0.15, 0.2) is 5.96 Å². The van der Waals surface area contributed by atoms with Crippen molar-refractivity contribution in [3.63, 3.8) is 0 Å². The summed E-state index contributed by atoms with van der Waals surface area (Å²) < 4.78 is 17.7. The molecule has 1 N–H and O–H groups in total. The van der Waals surface area contributed by atoms with Gasteiger partial charge in [0, 0.05) is 50.7 Å². The predicted octanol–water partition coefficient (Wildman–Crippen LogP) is 3.25. The van der Waals surface area contributed by atoms with Crippen LogP contribution in [0.2, 0.25) is 0 Å². The first kappa shape index (κ1) is 25.7. The highest BCUT2D eigenvalue weighted by atomic mass is 127. The molecule has 31 heavy (non-hydrogen) atoms. The summed E-state index contributed by atoms with van der Waals surface area (Å²) in [5.74, 6) is 1.63. The van der Waals surface area contributed by atoms with E-state index >= 15 is 0 Å². The largest absolute Gasteiger partial charge is 0.357 e. The molecule has 1 aliphatic rings. The second-order valence-corrected chi connectivity index (χ2v) is 8.28. The van der Waals surface area contributed by atoms with Crippen molar-refractivity contribution in [3.05, 3.63) is 41.5 Å². The third-order valence-electron chi connectivity index (χ3n) is 5.25. The molecule has 0 saturated carbocycles. The summed E-state index contributed by atoms with van der Waals surface area (Å²) in [4.78, 5) is 16.3. The molecule has 1 aromatic heterocycles. The van der Waals surface area contributed by atoms with Crippen LogP contribution in [0.3, 0.4) is 0 Å². The normalized spacial score (nSPS) is 15.7. The van der Waals surface area contributed by atoms with Crippen molar-refractivity contribution in [2.45, 2.75) is 26.3 Å². The minimum Gasteiger partial charge on any atom is -0.357 e. The van der Waals surface area contributed by atoms with E-state index in [1.807, 2.05) is 26.2 Å². The molecule has 10 heteroatoms. The summed E-state index contributed by atoms with van der Waals surface area (Å²) in [5, 5.41) is 4.44. The van der Waals surface area contributed by atoms with Gasteiger partial charge in [0.1, 0.15) is 11.6 Å². The molecule has 3 rings (SSSR count). The van der Waals surface area contributed by atoms with E-state index in [4.69, 9.17) is 4.99 Å². The van der Waals surface area contributed by atoms with E-state index in [0.29, 0.717) is 6.54 Å². The number of likely N-dealkylation sites (N-methyl/N-ethyl adjacent to an activating group) is 1. The first-order valence-corrected chi connectivity index (χ1v) is 11.3. The summed E-state index contributed by atoms with van der Waals surface area (Å²) in [6.07, 6.45) is 0.870. The van der Waals surface area contributed by atoms with Gasteiger partial charge in [0.2, 0.25) is 5.13 Å². The molecule has 1 unspecified atom stereocenters. The van der Waals surface area contributed by atoms with Gasteiger partial charge in [-0.05, 0) is 38.7 Å². The highest BCUT2D eigenvalue weighted by Gasteiger charge is 2.23. The van der Waals surface area contributed by atoms with Crippen LogP contribution < -0.4 is 10.2 Å². The van der Waals surface area contributed by atoms with Gasteiger partial charge >= 0.3 is 0 Å². The van der Waals surface area contributed by atoms with E-state index in [2.05, 4.69) is 43.2 Å². The molecular formula is C21H33FIN7S. The Morgan fingerprint density at radius 1 is 1.19 bits per heavy atom. The summed E-state index contributed by atoms with van der Waals surface area (Å²) in [6, 6.07) is 6.80. The summed E-state index contributed by atoms with van der Waals surface area (Å²) in [5.41, 5.74) is 1.06.